The fourth-order valence-electron chi connectivity index (χ4n) is 3.12. The van der Waals surface area contributed by atoms with Crippen molar-refractivity contribution >= 4 is 17.2 Å². The molecule has 3 rings (SSSR count). The summed E-state index contributed by atoms with van der Waals surface area (Å²) in [6.45, 7) is 2.09. The van der Waals surface area contributed by atoms with Gasteiger partial charge < -0.3 is 5.32 Å². The number of aryl methyl sites for hydroxylation is 1. The number of carbonyl (C=O) groups excluding carboxylic acids is 1. The van der Waals surface area contributed by atoms with Crippen LogP contribution in [0.25, 0.3) is 0 Å². The molecule has 0 saturated heterocycles. The molecule has 122 valence electrons. The third-order valence-corrected chi connectivity index (χ3v) is 5.46. The first-order chi connectivity index (χ1) is 11.1. The van der Waals surface area contributed by atoms with Crippen LogP contribution < -0.4 is 10.2 Å². The Morgan fingerprint density at radius 3 is 2.74 bits per heavy atom. The van der Waals surface area contributed by atoms with Crippen molar-refractivity contribution in [2.75, 3.05) is 0 Å². The number of carbonyl (C=O) groups is 1. The lowest BCUT2D eigenvalue weighted by molar-refractivity contribution is -0.122. The molecule has 1 aromatic carbocycles. The first kappa shape index (κ1) is 16.0. The maximum atomic E-state index is 12.4. The van der Waals surface area contributed by atoms with Crippen molar-refractivity contribution in [3.05, 3.63) is 56.1 Å². The summed E-state index contributed by atoms with van der Waals surface area (Å²) in [7, 11) is 0. The molecule has 23 heavy (non-hydrogen) atoms. The van der Waals surface area contributed by atoms with E-state index >= 15 is 0 Å². The maximum Gasteiger partial charge on any atom is 0.308 e. The summed E-state index contributed by atoms with van der Waals surface area (Å²) in [6, 6.07) is 9.80. The molecule has 0 fully saturated rings. The molecule has 2 aromatic rings. The average Bonchev–Trinajstić information content (AvgIpc) is 2.72. The lowest BCUT2D eigenvalue weighted by Gasteiger charge is -2.15. The Kier molecular flexibility index (Phi) is 4.96. The zero-order valence-electron chi connectivity index (χ0n) is 13.4. The van der Waals surface area contributed by atoms with Gasteiger partial charge >= 0.3 is 4.87 Å². The molecule has 0 bridgehead atoms. The van der Waals surface area contributed by atoms with Gasteiger partial charge in [-0.1, -0.05) is 48.1 Å². The Bertz CT molecular complexity index is 733. The Balaban J connectivity index is 1.71. The van der Waals surface area contributed by atoms with Gasteiger partial charge in [0, 0.05) is 10.6 Å². The number of hydrogen-bond acceptors (Lipinski definition) is 3. The van der Waals surface area contributed by atoms with E-state index in [1.165, 1.54) is 22.6 Å². The Morgan fingerprint density at radius 1 is 1.22 bits per heavy atom. The van der Waals surface area contributed by atoms with Crippen molar-refractivity contribution in [3.63, 3.8) is 0 Å². The van der Waals surface area contributed by atoms with E-state index in [-0.39, 0.29) is 23.4 Å². The van der Waals surface area contributed by atoms with Crippen molar-refractivity contribution in [1.82, 2.24) is 9.88 Å². The number of fused-ring (bicyclic) bond motifs is 1. The van der Waals surface area contributed by atoms with Crippen molar-refractivity contribution in [3.8, 4) is 0 Å². The van der Waals surface area contributed by atoms with E-state index in [2.05, 4.69) is 5.32 Å². The Hall–Kier alpha value is -1.88. The van der Waals surface area contributed by atoms with Gasteiger partial charge in [-0.05, 0) is 38.2 Å². The lowest BCUT2D eigenvalue weighted by Crippen LogP contribution is -2.33. The molecule has 5 heteroatoms. The first-order valence-corrected chi connectivity index (χ1v) is 9.02. The highest BCUT2D eigenvalue weighted by atomic mass is 32.1. The minimum absolute atomic E-state index is 0.000542. The number of thiazole rings is 1. The minimum Gasteiger partial charge on any atom is -0.348 e. The fourth-order valence-corrected chi connectivity index (χ4v) is 4.19. The van der Waals surface area contributed by atoms with Crippen LogP contribution in [0.5, 0.6) is 0 Å². The second kappa shape index (κ2) is 7.13. The molecular weight excluding hydrogens is 308 g/mol. The van der Waals surface area contributed by atoms with Gasteiger partial charge in [-0.15, -0.1) is 0 Å². The largest absolute Gasteiger partial charge is 0.348 e. The molecular formula is C18H22N2O2S. The van der Waals surface area contributed by atoms with E-state index in [1.807, 2.05) is 37.3 Å². The number of amides is 1. The molecule has 0 saturated carbocycles. The average molecular weight is 330 g/mol. The summed E-state index contributed by atoms with van der Waals surface area (Å²) in [4.78, 5) is 25.7. The number of hydrogen-bond donors (Lipinski definition) is 1. The molecule has 1 aromatic heterocycles. The summed E-state index contributed by atoms with van der Waals surface area (Å²) >= 11 is 1.31. The smallest absolute Gasteiger partial charge is 0.308 e. The highest BCUT2D eigenvalue weighted by Gasteiger charge is 2.19. The molecule has 1 aliphatic rings. The number of nitrogens with one attached hydrogen (secondary N) is 1. The molecule has 4 nitrogen and oxygen atoms in total. The van der Waals surface area contributed by atoms with E-state index < -0.39 is 0 Å². The summed E-state index contributed by atoms with van der Waals surface area (Å²) in [5.41, 5.74) is 2.15. The van der Waals surface area contributed by atoms with Crippen LogP contribution in [0.1, 0.15) is 48.4 Å². The van der Waals surface area contributed by atoms with Crippen LogP contribution >= 0.6 is 11.3 Å². The molecule has 1 amide bonds. The molecule has 1 atom stereocenters. The predicted molar refractivity (Wildman–Crippen MR) is 92.8 cm³/mol. The van der Waals surface area contributed by atoms with Gasteiger partial charge in [0.25, 0.3) is 0 Å². The second-order valence-corrected chi connectivity index (χ2v) is 7.13. The lowest BCUT2D eigenvalue weighted by atomic mass is 10.1. The van der Waals surface area contributed by atoms with Crippen LogP contribution in [0, 0.1) is 0 Å². The highest BCUT2D eigenvalue weighted by molar-refractivity contribution is 7.09. The number of nitrogens with zero attached hydrogens (tertiary/aromatic N) is 1. The fraction of sp³-hybridized carbons (Fsp3) is 0.444. The molecule has 1 N–H and O–H groups in total. The van der Waals surface area contributed by atoms with Crippen LogP contribution in [0.3, 0.4) is 0 Å². The van der Waals surface area contributed by atoms with Crippen molar-refractivity contribution in [2.24, 2.45) is 0 Å². The first-order valence-electron chi connectivity index (χ1n) is 8.21. The van der Waals surface area contributed by atoms with Crippen LogP contribution in [0.4, 0.5) is 0 Å². The van der Waals surface area contributed by atoms with E-state index in [0.29, 0.717) is 0 Å². The molecule has 0 radical (unpaired) electrons. The van der Waals surface area contributed by atoms with Crippen molar-refractivity contribution in [2.45, 2.75) is 51.6 Å². The Morgan fingerprint density at radius 2 is 1.96 bits per heavy atom. The molecule has 0 unspecified atom stereocenters. The summed E-state index contributed by atoms with van der Waals surface area (Å²) in [5.74, 6) is -0.103. The van der Waals surface area contributed by atoms with E-state index in [0.717, 1.165) is 36.9 Å². The van der Waals surface area contributed by atoms with Crippen molar-refractivity contribution in [1.29, 1.82) is 0 Å². The summed E-state index contributed by atoms with van der Waals surface area (Å²) in [5, 5.41) is 2.99. The third kappa shape index (κ3) is 3.72. The Labute approximate surface area is 140 Å². The van der Waals surface area contributed by atoms with Gasteiger partial charge in [0.2, 0.25) is 5.91 Å². The summed E-state index contributed by atoms with van der Waals surface area (Å²) in [6.07, 6.45) is 5.34. The van der Waals surface area contributed by atoms with Gasteiger partial charge in [-0.25, -0.2) is 0 Å². The topological polar surface area (TPSA) is 51.1 Å². The van der Waals surface area contributed by atoms with Crippen LogP contribution in [-0.4, -0.2) is 10.5 Å². The van der Waals surface area contributed by atoms with E-state index in [9.17, 15) is 9.59 Å². The minimum atomic E-state index is -0.103. The van der Waals surface area contributed by atoms with Crippen molar-refractivity contribution < 1.29 is 4.79 Å². The number of aromatic nitrogens is 1. The van der Waals surface area contributed by atoms with Gasteiger partial charge in [0.05, 0.1) is 6.04 Å². The highest BCUT2D eigenvalue weighted by Crippen LogP contribution is 2.22. The molecule has 0 spiro atoms. The molecule has 1 aliphatic carbocycles. The van der Waals surface area contributed by atoms with E-state index in [1.54, 1.807) is 4.57 Å². The maximum absolute atomic E-state index is 12.4. The van der Waals surface area contributed by atoms with Crippen LogP contribution in [0.15, 0.2) is 35.1 Å². The van der Waals surface area contributed by atoms with Crippen LogP contribution in [0.2, 0.25) is 0 Å². The van der Waals surface area contributed by atoms with Gasteiger partial charge in [-0.3, -0.25) is 14.2 Å². The zero-order valence-corrected chi connectivity index (χ0v) is 14.2. The zero-order chi connectivity index (χ0) is 16.2. The molecule has 1 heterocycles. The quantitative estimate of drug-likeness (QED) is 0.876. The normalized spacial score (nSPS) is 15.5. The van der Waals surface area contributed by atoms with Gasteiger partial charge in [-0.2, -0.15) is 0 Å². The van der Waals surface area contributed by atoms with Gasteiger partial charge in [0.15, 0.2) is 0 Å². The third-order valence-electron chi connectivity index (χ3n) is 4.37. The number of rotatable bonds is 4. The van der Waals surface area contributed by atoms with Gasteiger partial charge in [0.1, 0.15) is 6.54 Å². The van der Waals surface area contributed by atoms with E-state index in [4.69, 9.17) is 0 Å². The predicted octanol–water partition coefficient (Wildman–Crippen LogP) is 3.06. The second-order valence-electron chi connectivity index (χ2n) is 6.08. The number of benzene rings is 1. The standard InChI is InChI=1S/C18H22N2O2S/c1-13(14-8-4-2-5-9-14)19-17(21)12-20-15-10-6-3-7-11-16(15)23-18(20)22/h2,4-5,8-9,13H,3,6-7,10-12H2,1H3,(H,19,21)/t13-/m1/s1. The summed E-state index contributed by atoms with van der Waals surface area (Å²) < 4.78 is 1.68. The molecule has 0 aliphatic heterocycles. The van der Waals surface area contributed by atoms with Crippen LogP contribution in [-0.2, 0) is 24.2 Å². The monoisotopic (exact) mass is 330 g/mol. The SMILES string of the molecule is C[C@@H](NC(=O)Cn1c2c(sc1=O)CCCCC2)c1ccccc1.